The maximum atomic E-state index is 13.0. The van der Waals surface area contributed by atoms with Gasteiger partial charge in [0.15, 0.2) is 0 Å². The van der Waals surface area contributed by atoms with Crippen molar-refractivity contribution in [3.63, 3.8) is 0 Å². The average Bonchev–Trinajstić information content (AvgIpc) is 3.07. The maximum Gasteiger partial charge on any atom is 0.282 e. The minimum absolute atomic E-state index is 0.152. The van der Waals surface area contributed by atoms with Crippen LogP contribution in [0.15, 0.2) is 53.6 Å². The van der Waals surface area contributed by atoms with Gasteiger partial charge in [0.25, 0.3) is 5.91 Å². The molecule has 29 heavy (non-hydrogen) atoms. The highest BCUT2D eigenvalue weighted by Gasteiger charge is 2.40. The van der Waals surface area contributed by atoms with E-state index in [1.807, 2.05) is 53.3 Å². The van der Waals surface area contributed by atoms with Crippen LogP contribution in [0.5, 0.6) is 5.75 Å². The molecule has 0 saturated carbocycles. The fraction of sp³-hybridized carbons (Fsp3) is 0.364. The lowest BCUT2D eigenvalue weighted by atomic mass is 9.91. The fourth-order valence-corrected chi connectivity index (χ4v) is 4.25. The quantitative estimate of drug-likeness (QED) is 0.792. The Kier molecular flexibility index (Phi) is 5.74. The standard InChI is InChI=1S/C22H25ClN4O2/c1-15-20(22(29)25-26-13-5-2-6-14-26)24-27(19-8-4-3-7-18(19)23)21(15)16-9-11-17(28)12-10-16/h3-4,7-12,15,21,28H,2,5-6,13-14H2,1H3,(H,25,29)/t15-,21+/m0/s1. The molecule has 1 fully saturated rings. The smallest absolute Gasteiger partial charge is 0.282 e. The molecule has 0 bridgehead atoms. The van der Waals surface area contributed by atoms with Crippen LogP contribution in [-0.2, 0) is 4.79 Å². The molecule has 7 heteroatoms. The maximum absolute atomic E-state index is 13.0. The van der Waals surface area contributed by atoms with Crippen molar-refractivity contribution in [1.82, 2.24) is 10.4 Å². The van der Waals surface area contributed by atoms with Gasteiger partial charge >= 0.3 is 0 Å². The number of rotatable bonds is 4. The predicted octanol–water partition coefficient (Wildman–Crippen LogP) is 4.12. The number of phenols is 1. The number of para-hydroxylation sites is 1. The van der Waals surface area contributed by atoms with Crippen molar-refractivity contribution in [3.8, 4) is 5.75 Å². The second-order valence-corrected chi connectivity index (χ2v) is 8.00. The number of piperidine rings is 1. The molecule has 0 aromatic heterocycles. The van der Waals surface area contributed by atoms with Crippen molar-refractivity contribution < 1.29 is 9.90 Å². The molecule has 2 N–H and O–H groups in total. The number of halogens is 1. The van der Waals surface area contributed by atoms with Crippen molar-refractivity contribution in [2.75, 3.05) is 18.1 Å². The minimum atomic E-state index is -0.197. The number of carbonyl (C=O) groups excluding carboxylic acids is 1. The van der Waals surface area contributed by atoms with Gasteiger partial charge in [0.05, 0.1) is 16.8 Å². The Morgan fingerprint density at radius 3 is 2.48 bits per heavy atom. The summed E-state index contributed by atoms with van der Waals surface area (Å²) in [6, 6.07) is 14.3. The van der Waals surface area contributed by atoms with E-state index in [2.05, 4.69) is 5.43 Å². The van der Waals surface area contributed by atoms with Crippen LogP contribution < -0.4 is 10.4 Å². The van der Waals surface area contributed by atoms with Crippen LogP contribution in [0.1, 0.15) is 37.8 Å². The van der Waals surface area contributed by atoms with Gasteiger partial charge in [-0.2, -0.15) is 5.10 Å². The number of aromatic hydroxyl groups is 1. The molecule has 6 nitrogen and oxygen atoms in total. The van der Waals surface area contributed by atoms with Gasteiger partial charge in [-0.3, -0.25) is 15.2 Å². The van der Waals surface area contributed by atoms with Gasteiger partial charge in [0.2, 0.25) is 0 Å². The number of hydrazone groups is 1. The Balaban J connectivity index is 1.66. The summed E-state index contributed by atoms with van der Waals surface area (Å²) < 4.78 is 0. The van der Waals surface area contributed by atoms with Crippen LogP contribution >= 0.6 is 11.6 Å². The molecule has 2 aliphatic rings. The monoisotopic (exact) mass is 412 g/mol. The third-order valence-corrected chi connectivity index (χ3v) is 5.89. The number of hydrazine groups is 1. The molecule has 0 aliphatic carbocycles. The number of hydrogen-bond acceptors (Lipinski definition) is 5. The summed E-state index contributed by atoms with van der Waals surface area (Å²) in [5.74, 6) is -0.119. The summed E-state index contributed by atoms with van der Waals surface area (Å²) in [5.41, 5.74) is 5.21. The highest BCUT2D eigenvalue weighted by atomic mass is 35.5. The molecule has 4 rings (SSSR count). The summed E-state index contributed by atoms with van der Waals surface area (Å²) in [5, 5.41) is 18.8. The van der Waals surface area contributed by atoms with Gasteiger partial charge < -0.3 is 5.11 Å². The van der Waals surface area contributed by atoms with Gasteiger partial charge in [0, 0.05) is 19.0 Å². The molecule has 152 valence electrons. The Labute approximate surface area is 175 Å². The van der Waals surface area contributed by atoms with E-state index in [0.717, 1.165) is 37.2 Å². The van der Waals surface area contributed by atoms with Crippen molar-refractivity contribution in [3.05, 3.63) is 59.1 Å². The van der Waals surface area contributed by atoms with Crippen LogP contribution in [0.25, 0.3) is 0 Å². The summed E-state index contributed by atoms with van der Waals surface area (Å²) in [6.45, 7) is 3.73. The number of benzene rings is 2. The Bertz CT molecular complexity index is 909. The largest absolute Gasteiger partial charge is 0.508 e. The van der Waals surface area contributed by atoms with Crippen LogP contribution in [0, 0.1) is 5.92 Å². The minimum Gasteiger partial charge on any atom is -0.508 e. The molecule has 0 unspecified atom stereocenters. The highest BCUT2D eigenvalue weighted by Crippen LogP contribution is 2.41. The van der Waals surface area contributed by atoms with Crippen LogP contribution in [0.3, 0.4) is 0 Å². The lowest BCUT2D eigenvalue weighted by molar-refractivity contribution is -0.120. The summed E-state index contributed by atoms with van der Waals surface area (Å²) in [4.78, 5) is 13.0. The van der Waals surface area contributed by atoms with Gasteiger partial charge in [-0.05, 0) is 42.7 Å². The molecule has 2 aromatic carbocycles. The van der Waals surface area contributed by atoms with Gasteiger partial charge in [-0.1, -0.05) is 49.2 Å². The van der Waals surface area contributed by atoms with Crippen LogP contribution in [-0.4, -0.2) is 34.8 Å². The third kappa shape index (κ3) is 4.09. The summed E-state index contributed by atoms with van der Waals surface area (Å²) >= 11 is 6.45. The van der Waals surface area contributed by atoms with Gasteiger partial charge in [0.1, 0.15) is 11.5 Å². The first-order valence-electron chi connectivity index (χ1n) is 10.0. The zero-order chi connectivity index (χ0) is 20.4. The van der Waals surface area contributed by atoms with E-state index in [-0.39, 0.29) is 23.6 Å². The number of nitrogens with one attached hydrogen (secondary N) is 1. The van der Waals surface area contributed by atoms with E-state index in [1.54, 1.807) is 12.1 Å². The zero-order valence-corrected chi connectivity index (χ0v) is 17.1. The van der Waals surface area contributed by atoms with E-state index < -0.39 is 0 Å². The number of phenolic OH excluding ortho intramolecular Hbond substituents is 1. The molecule has 0 spiro atoms. The summed E-state index contributed by atoms with van der Waals surface area (Å²) in [6.07, 6.45) is 3.38. The van der Waals surface area contributed by atoms with Crippen molar-refractivity contribution in [2.24, 2.45) is 11.0 Å². The average molecular weight is 413 g/mol. The van der Waals surface area contributed by atoms with E-state index in [4.69, 9.17) is 16.7 Å². The number of nitrogens with zero attached hydrogens (tertiary/aromatic N) is 3. The van der Waals surface area contributed by atoms with Crippen molar-refractivity contribution >= 4 is 28.9 Å². The van der Waals surface area contributed by atoms with E-state index in [9.17, 15) is 9.90 Å². The molecule has 2 aromatic rings. The van der Waals surface area contributed by atoms with E-state index in [1.165, 1.54) is 6.42 Å². The first-order valence-corrected chi connectivity index (χ1v) is 10.4. The summed E-state index contributed by atoms with van der Waals surface area (Å²) in [7, 11) is 0. The molecule has 0 radical (unpaired) electrons. The molecule has 2 heterocycles. The van der Waals surface area contributed by atoms with E-state index in [0.29, 0.717) is 10.7 Å². The van der Waals surface area contributed by atoms with Gasteiger partial charge in [-0.15, -0.1) is 0 Å². The SMILES string of the molecule is C[C@H]1C(C(=O)NN2CCCCC2)=NN(c2ccccc2Cl)[C@H]1c1ccc(O)cc1. The molecular formula is C22H25ClN4O2. The lowest BCUT2D eigenvalue weighted by Gasteiger charge is -2.28. The number of anilines is 1. The molecular weight excluding hydrogens is 388 g/mol. The molecule has 2 atom stereocenters. The molecule has 2 aliphatic heterocycles. The van der Waals surface area contributed by atoms with Crippen molar-refractivity contribution in [2.45, 2.75) is 32.2 Å². The first-order chi connectivity index (χ1) is 14.0. The second-order valence-electron chi connectivity index (χ2n) is 7.59. The highest BCUT2D eigenvalue weighted by molar-refractivity contribution is 6.40. The Hall–Kier alpha value is -2.57. The topological polar surface area (TPSA) is 68.2 Å². The fourth-order valence-electron chi connectivity index (χ4n) is 4.03. The number of hydrogen-bond donors (Lipinski definition) is 2. The molecule has 1 amide bonds. The van der Waals surface area contributed by atoms with Crippen LogP contribution in [0.4, 0.5) is 5.69 Å². The Morgan fingerprint density at radius 2 is 1.79 bits per heavy atom. The van der Waals surface area contributed by atoms with E-state index >= 15 is 0 Å². The van der Waals surface area contributed by atoms with Gasteiger partial charge in [-0.25, -0.2) is 5.01 Å². The Morgan fingerprint density at radius 1 is 1.10 bits per heavy atom. The normalized spacial score (nSPS) is 22.4. The number of carbonyl (C=O) groups is 1. The third-order valence-electron chi connectivity index (χ3n) is 5.57. The predicted molar refractivity (Wildman–Crippen MR) is 115 cm³/mol. The number of amides is 1. The van der Waals surface area contributed by atoms with Crippen molar-refractivity contribution in [1.29, 1.82) is 0 Å². The molecule has 1 saturated heterocycles. The first kappa shape index (κ1) is 19.7. The second kappa shape index (κ2) is 8.43. The zero-order valence-electron chi connectivity index (χ0n) is 16.4. The lowest BCUT2D eigenvalue weighted by Crippen LogP contribution is -2.48. The van der Waals surface area contributed by atoms with Crippen LogP contribution in [0.2, 0.25) is 5.02 Å².